The molecule has 1 rings (SSSR count). The number of hydrogen-bond donors (Lipinski definition) is 1. The fourth-order valence-electron chi connectivity index (χ4n) is 2.20. The van der Waals surface area contributed by atoms with Crippen LogP contribution in [0.25, 0.3) is 0 Å². The van der Waals surface area contributed by atoms with Crippen molar-refractivity contribution in [1.82, 2.24) is 4.90 Å². The second-order valence-corrected chi connectivity index (χ2v) is 4.41. The Morgan fingerprint density at radius 3 is 2.38 bits per heavy atom. The summed E-state index contributed by atoms with van der Waals surface area (Å²) in [6.45, 7) is 6.63. The Hall–Kier alpha value is -1.02. The van der Waals surface area contributed by atoms with Gasteiger partial charge >= 0.3 is 0 Å². The molecule has 0 bridgehead atoms. The zero-order chi connectivity index (χ0) is 12.1. The molecule has 0 aliphatic rings. The quantitative estimate of drug-likeness (QED) is 0.821. The van der Waals surface area contributed by atoms with E-state index in [0.29, 0.717) is 17.8 Å². The van der Waals surface area contributed by atoms with Gasteiger partial charge in [0.25, 0.3) is 0 Å². The molecule has 1 aromatic carbocycles. The van der Waals surface area contributed by atoms with Crippen molar-refractivity contribution in [3.8, 4) is 5.75 Å². The van der Waals surface area contributed by atoms with E-state index >= 15 is 0 Å². The molecule has 0 saturated carbocycles. The van der Waals surface area contributed by atoms with E-state index in [1.807, 2.05) is 12.1 Å². The molecule has 16 heavy (non-hydrogen) atoms. The second-order valence-electron chi connectivity index (χ2n) is 4.41. The highest BCUT2D eigenvalue weighted by molar-refractivity contribution is 5.29. The maximum atomic E-state index is 9.48. The minimum Gasteiger partial charge on any atom is -0.508 e. The Bertz CT molecular complexity index is 320. The van der Waals surface area contributed by atoms with Crippen LogP contribution < -0.4 is 0 Å². The maximum Gasteiger partial charge on any atom is 0.115 e. The van der Waals surface area contributed by atoms with Crippen molar-refractivity contribution in [3.63, 3.8) is 0 Å². The summed E-state index contributed by atoms with van der Waals surface area (Å²) in [5.74, 6) is 0.349. The van der Waals surface area contributed by atoms with E-state index in [9.17, 15) is 5.11 Å². The van der Waals surface area contributed by atoms with Crippen molar-refractivity contribution in [3.05, 3.63) is 29.8 Å². The summed E-state index contributed by atoms with van der Waals surface area (Å²) < 4.78 is 0. The molecule has 2 nitrogen and oxygen atoms in total. The lowest BCUT2D eigenvalue weighted by molar-refractivity contribution is 0.175. The topological polar surface area (TPSA) is 23.5 Å². The fraction of sp³-hybridized carbons (Fsp3) is 0.571. The van der Waals surface area contributed by atoms with Crippen LogP contribution in [0.2, 0.25) is 0 Å². The van der Waals surface area contributed by atoms with Crippen molar-refractivity contribution in [2.45, 2.75) is 45.7 Å². The monoisotopic (exact) mass is 221 g/mol. The first kappa shape index (κ1) is 13.0. The first-order valence-corrected chi connectivity index (χ1v) is 6.11. The van der Waals surface area contributed by atoms with Gasteiger partial charge < -0.3 is 5.11 Å². The standard InChI is InChI=1S/C14H23NO/c1-5-13(6-2)15(4)11(3)12-8-7-9-14(16)10-12/h7-11,13,16H,5-6H2,1-4H3. The number of nitrogens with zero attached hydrogens (tertiary/aromatic N) is 1. The fourth-order valence-corrected chi connectivity index (χ4v) is 2.20. The normalized spacial score (nSPS) is 13.4. The molecule has 2 heteroatoms. The van der Waals surface area contributed by atoms with Gasteiger partial charge in [0, 0.05) is 12.1 Å². The average Bonchev–Trinajstić information content (AvgIpc) is 2.29. The summed E-state index contributed by atoms with van der Waals surface area (Å²) in [5.41, 5.74) is 1.18. The third-order valence-electron chi connectivity index (χ3n) is 3.48. The summed E-state index contributed by atoms with van der Waals surface area (Å²) in [4.78, 5) is 2.38. The van der Waals surface area contributed by atoms with Gasteiger partial charge in [-0.15, -0.1) is 0 Å². The molecule has 1 N–H and O–H groups in total. The largest absolute Gasteiger partial charge is 0.508 e. The van der Waals surface area contributed by atoms with Crippen LogP contribution in [-0.2, 0) is 0 Å². The predicted octanol–water partition coefficient (Wildman–Crippen LogP) is 3.57. The van der Waals surface area contributed by atoms with E-state index in [4.69, 9.17) is 0 Å². The van der Waals surface area contributed by atoms with Gasteiger partial charge in [0.05, 0.1) is 0 Å². The Morgan fingerprint density at radius 1 is 1.25 bits per heavy atom. The number of rotatable bonds is 5. The van der Waals surface area contributed by atoms with Gasteiger partial charge in [-0.3, -0.25) is 4.90 Å². The summed E-state index contributed by atoms with van der Waals surface area (Å²) in [6.07, 6.45) is 2.33. The number of hydrogen-bond acceptors (Lipinski definition) is 2. The first-order valence-electron chi connectivity index (χ1n) is 6.11. The van der Waals surface area contributed by atoms with Crippen LogP contribution >= 0.6 is 0 Å². The first-order chi connectivity index (χ1) is 7.60. The van der Waals surface area contributed by atoms with Gasteiger partial charge in [0.1, 0.15) is 5.75 Å². The molecule has 0 aliphatic heterocycles. The number of phenolic OH excluding ortho intramolecular Hbond substituents is 1. The van der Waals surface area contributed by atoms with E-state index in [1.165, 1.54) is 5.56 Å². The van der Waals surface area contributed by atoms with Crippen LogP contribution in [0.1, 0.15) is 45.2 Å². The molecular formula is C14H23NO. The molecular weight excluding hydrogens is 198 g/mol. The van der Waals surface area contributed by atoms with Gasteiger partial charge in [-0.2, -0.15) is 0 Å². The molecule has 0 radical (unpaired) electrons. The van der Waals surface area contributed by atoms with Crippen LogP contribution in [0.15, 0.2) is 24.3 Å². The van der Waals surface area contributed by atoms with E-state index in [1.54, 1.807) is 6.07 Å². The van der Waals surface area contributed by atoms with Crippen LogP contribution in [0.3, 0.4) is 0 Å². The lowest BCUT2D eigenvalue weighted by Crippen LogP contribution is -2.32. The van der Waals surface area contributed by atoms with Gasteiger partial charge in [-0.1, -0.05) is 26.0 Å². The van der Waals surface area contributed by atoms with Crippen molar-refractivity contribution in [2.75, 3.05) is 7.05 Å². The zero-order valence-corrected chi connectivity index (χ0v) is 10.8. The molecule has 1 unspecified atom stereocenters. The van der Waals surface area contributed by atoms with Crippen molar-refractivity contribution >= 4 is 0 Å². The number of aromatic hydroxyl groups is 1. The highest BCUT2D eigenvalue weighted by Crippen LogP contribution is 2.25. The second kappa shape index (κ2) is 5.90. The molecule has 0 saturated heterocycles. The number of phenols is 1. The lowest BCUT2D eigenvalue weighted by atomic mass is 10.0. The van der Waals surface area contributed by atoms with Gasteiger partial charge in [-0.05, 0) is 44.5 Å². The highest BCUT2D eigenvalue weighted by atomic mass is 16.3. The summed E-state index contributed by atoms with van der Waals surface area (Å²) in [6, 6.07) is 8.50. The molecule has 1 aromatic rings. The molecule has 90 valence electrons. The third-order valence-corrected chi connectivity index (χ3v) is 3.48. The highest BCUT2D eigenvalue weighted by Gasteiger charge is 2.18. The van der Waals surface area contributed by atoms with E-state index < -0.39 is 0 Å². The molecule has 0 aromatic heterocycles. The lowest BCUT2D eigenvalue weighted by Gasteiger charge is -2.32. The minimum atomic E-state index is 0.344. The molecule has 0 amide bonds. The van der Waals surface area contributed by atoms with Gasteiger partial charge in [0.15, 0.2) is 0 Å². The Kier molecular flexibility index (Phi) is 4.81. The van der Waals surface area contributed by atoms with Crippen LogP contribution in [0.4, 0.5) is 0 Å². The summed E-state index contributed by atoms with van der Waals surface area (Å²) >= 11 is 0. The van der Waals surface area contributed by atoms with Crippen LogP contribution in [0, 0.1) is 0 Å². The Morgan fingerprint density at radius 2 is 1.88 bits per heavy atom. The maximum absolute atomic E-state index is 9.48. The SMILES string of the molecule is CCC(CC)N(C)C(C)c1cccc(O)c1. The Balaban J connectivity index is 2.80. The molecule has 1 atom stereocenters. The molecule has 0 heterocycles. The van der Waals surface area contributed by atoms with Crippen molar-refractivity contribution < 1.29 is 5.11 Å². The van der Waals surface area contributed by atoms with Gasteiger partial charge in [-0.25, -0.2) is 0 Å². The number of benzene rings is 1. The van der Waals surface area contributed by atoms with Crippen LogP contribution in [-0.4, -0.2) is 23.1 Å². The molecule has 0 spiro atoms. The molecule has 0 aliphatic carbocycles. The van der Waals surface area contributed by atoms with Crippen molar-refractivity contribution in [1.29, 1.82) is 0 Å². The van der Waals surface area contributed by atoms with E-state index in [-0.39, 0.29) is 0 Å². The molecule has 0 fully saturated rings. The van der Waals surface area contributed by atoms with Crippen molar-refractivity contribution in [2.24, 2.45) is 0 Å². The summed E-state index contributed by atoms with van der Waals surface area (Å²) in [7, 11) is 2.16. The summed E-state index contributed by atoms with van der Waals surface area (Å²) in [5, 5.41) is 9.48. The van der Waals surface area contributed by atoms with Crippen LogP contribution in [0.5, 0.6) is 5.75 Å². The zero-order valence-electron chi connectivity index (χ0n) is 10.8. The van der Waals surface area contributed by atoms with Gasteiger partial charge in [0.2, 0.25) is 0 Å². The van der Waals surface area contributed by atoms with E-state index in [0.717, 1.165) is 12.8 Å². The average molecular weight is 221 g/mol. The smallest absolute Gasteiger partial charge is 0.115 e. The predicted molar refractivity (Wildman–Crippen MR) is 68.7 cm³/mol. The Labute approximate surface area is 98.9 Å². The van der Waals surface area contributed by atoms with E-state index in [2.05, 4.69) is 38.8 Å². The third kappa shape index (κ3) is 2.99. The minimum absolute atomic E-state index is 0.344.